The van der Waals surface area contributed by atoms with Crippen molar-refractivity contribution in [3.63, 3.8) is 0 Å². The van der Waals surface area contributed by atoms with Crippen LogP contribution in [0.4, 0.5) is 5.82 Å². The van der Waals surface area contributed by atoms with Crippen LogP contribution in [0.2, 0.25) is 0 Å². The molecule has 0 amide bonds. The van der Waals surface area contributed by atoms with E-state index in [0.29, 0.717) is 6.04 Å². The van der Waals surface area contributed by atoms with Gasteiger partial charge in [0.2, 0.25) is 0 Å². The Balaban J connectivity index is 1.60. The number of fused-ring (bicyclic) bond motifs is 1. The predicted octanol–water partition coefficient (Wildman–Crippen LogP) is 4.25. The highest BCUT2D eigenvalue weighted by Crippen LogP contribution is 2.30. The summed E-state index contributed by atoms with van der Waals surface area (Å²) < 4.78 is 0. The van der Waals surface area contributed by atoms with Crippen molar-refractivity contribution >= 4 is 28.1 Å². The van der Waals surface area contributed by atoms with Gasteiger partial charge in [0, 0.05) is 16.8 Å². The topological polar surface area (TPSA) is 41.1 Å². The Hall–Kier alpha value is -1.98. The summed E-state index contributed by atoms with van der Waals surface area (Å²) in [5, 5.41) is 6.91. The molecule has 0 spiro atoms. The zero-order valence-corrected chi connectivity index (χ0v) is 14.7. The number of hydrogen-bond acceptors (Lipinski definition) is 5. The number of aromatic nitrogens is 2. The molecule has 1 fully saturated rings. The van der Waals surface area contributed by atoms with Crippen LogP contribution in [0.1, 0.15) is 29.3 Å². The molecule has 5 heteroatoms. The molecule has 3 aromatic rings. The fourth-order valence-electron chi connectivity index (χ4n) is 3.55. The van der Waals surface area contributed by atoms with E-state index in [1.165, 1.54) is 36.4 Å². The van der Waals surface area contributed by atoms with Crippen LogP contribution in [0.5, 0.6) is 0 Å². The first-order chi connectivity index (χ1) is 11.8. The number of anilines is 1. The minimum absolute atomic E-state index is 0.418. The Morgan fingerprint density at radius 1 is 1.17 bits per heavy atom. The molecule has 0 bridgehead atoms. The molecule has 3 heterocycles. The summed E-state index contributed by atoms with van der Waals surface area (Å²) in [6.45, 7) is 5.37. The maximum absolute atomic E-state index is 4.51. The molecule has 0 aliphatic carbocycles. The Morgan fingerprint density at radius 2 is 2.04 bits per heavy atom. The Morgan fingerprint density at radius 3 is 2.83 bits per heavy atom. The van der Waals surface area contributed by atoms with Crippen LogP contribution in [0.3, 0.4) is 0 Å². The lowest BCUT2D eigenvalue weighted by molar-refractivity contribution is 0.259. The number of benzene rings is 1. The maximum atomic E-state index is 4.51. The summed E-state index contributed by atoms with van der Waals surface area (Å²) in [6, 6.07) is 11.0. The molecular weight excluding hydrogens is 316 g/mol. The monoisotopic (exact) mass is 338 g/mol. The van der Waals surface area contributed by atoms with Crippen molar-refractivity contribution < 1.29 is 0 Å². The van der Waals surface area contributed by atoms with Gasteiger partial charge in [-0.1, -0.05) is 18.2 Å². The molecule has 1 aliphatic rings. The van der Waals surface area contributed by atoms with E-state index in [-0.39, 0.29) is 0 Å². The number of aryl methyl sites for hydroxylation is 1. The second-order valence-corrected chi connectivity index (χ2v) is 7.33. The van der Waals surface area contributed by atoms with E-state index in [2.05, 4.69) is 50.7 Å². The second-order valence-electron chi connectivity index (χ2n) is 6.35. The van der Waals surface area contributed by atoms with E-state index in [9.17, 15) is 0 Å². The lowest BCUT2D eigenvalue weighted by atomic mass is 10.1. The third kappa shape index (κ3) is 3.01. The molecule has 1 aromatic carbocycles. The molecule has 24 heavy (non-hydrogen) atoms. The molecule has 4 rings (SSSR count). The summed E-state index contributed by atoms with van der Waals surface area (Å²) in [5.41, 5.74) is 2.21. The maximum Gasteiger partial charge on any atom is 0.137 e. The van der Waals surface area contributed by atoms with Crippen molar-refractivity contribution in [3.8, 4) is 0 Å². The van der Waals surface area contributed by atoms with Crippen LogP contribution in [0.25, 0.3) is 10.9 Å². The van der Waals surface area contributed by atoms with Gasteiger partial charge in [-0.3, -0.25) is 4.90 Å². The van der Waals surface area contributed by atoms with Crippen LogP contribution in [-0.4, -0.2) is 34.5 Å². The van der Waals surface area contributed by atoms with Gasteiger partial charge in [0.1, 0.15) is 12.1 Å². The van der Waals surface area contributed by atoms with Crippen molar-refractivity contribution in [1.29, 1.82) is 0 Å². The Labute approximate surface area is 146 Å². The minimum Gasteiger partial charge on any atom is -0.367 e. The highest BCUT2D eigenvalue weighted by atomic mass is 32.1. The Kier molecular flexibility index (Phi) is 4.45. The lowest BCUT2D eigenvalue weighted by Gasteiger charge is -2.27. The molecule has 1 unspecified atom stereocenters. The van der Waals surface area contributed by atoms with Gasteiger partial charge in [-0.25, -0.2) is 9.97 Å². The van der Waals surface area contributed by atoms with Gasteiger partial charge in [0.15, 0.2) is 0 Å². The van der Waals surface area contributed by atoms with Crippen LogP contribution < -0.4 is 5.32 Å². The number of thiophene rings is 1. The van der Waals surface area contributed by atoms with E-state index in [1.54, 1.807) is 6.33 Å². The molecule has 1 saturated heterocycles. The van der Waals surface area contributed by atoms with Crippen molar-refractivity contribution in [2.24, 2.45) is 0 Å². The second kappa shape index (κ2) is 6.87. The average molecular weight is 338 g/mol. The molecular formula is C19H22N4S. The summed E-state index contributed by atoms with van der Waals surface area (Å²) in [5.74, 6) is 0.943. The summed E-state index contributed by atoms with van der Waals surface area (Å²) in [4.78, 5) is 12.9. The fraction of sp³-hybridized carbons (Fsp3) is 0.368. The number of likely N-dealkylation sites (tertiary alicyclic amines) is 1. The first kappa shape index (κ1) is 15.5. The largest absolute Gasteiger partial charge is 0.367 e. The van der Waals surface area contributed by atoms with Crippen LogP contribution in [0, 0.1) is 6.92 Å². The number of nitrogens with zero attached hydrogens (tertiary/aromatic N) is 3. The van der Waals surface area contributed by atoms with E-state index in [1.807, 2.05) is 23.5 Å². The molecule has 1 atom stereocenters. The first-order valence-corrected chi connectivity index (χ1v) is 9.42. The molecule has 124 valence electrons. The van der Waals surface area contributed by atoms with Gasteiger partial charge in [-0.2, -0.15) is 0 Å². The third-order valence-electron chi connectivity index (χ3n) is 4.79. The number of hydrogen-bond donors (Lipinski definition) is 1. The fourth-order valence-corrected chi connectivity index (χ4v) is 4.41. The van der Waals surface area contributed by atoms with E-state index < -0.39 is 0 Å². The quantitative estimate of drug-likeness (QED) is 0.755. The van der Waals surface area contributed by atoms with Crippen molar-refractivity contribution in [3.05, 3.63) is 52.5 Å². The molecule has 1 N–H and O–H groups in total. The van der Waals surface area contributed by atoms with E-state index in [0.717, 1.165) is 23.3 Å². The van der Waals surface area contributed by atoms with Gasteiger partial charge in [0.05, 0.1) is 11.6 Å². The normalized spacial score (nSPS) is 16.5. The van der Waals surface area contributed by atoms with E-state index in [4.69, 9.17) is 0 Å². The van der Waals surface area contributed by atoms with Crippen molar-refractivity contribution in [2.45, 2.75) is 25.8 Å². The zero-order valence-electron chi connectivity index (χ0n) is 13.9. The van der Waals surface area contributed by atoms with Gasteiger partial charge in [-0.15, -0.1) is 11.3 Å². The molecule has 1 aliphatic heterocycles. The van der Waals surface area contributed by atoms with Crippen LogP contribution in [-0.2, 0) is 0 Å². The number of rotatable bonds is 5. The van der Waals surface area contributed by atoms with Gasteiger partial charge in [-0.05, 0) is 55.9 Å². The average Bonchev–Trinajstić information content (AvgIpc) is 3.29. The van der Waals surface area contributed by atoms with Crippen LogP contribution in [0.15, 0.2) is 42.0 Å². The predicted molar refractivity (Wildman–Crippen MR) is 101 cm³/mol. The standard InChI is InChI=1S/C19H22N4S/c1-14-6-4-7-15-18(14)19(22-13-21-15)20-12-16(17-8-5-11-24-17)23-9-2-3-10-23/h4-8,11,13,16H,2-3,9-10,12H2,1H3,(H,20,21,22). The lowest BCUT2D eigenvalue weighted by Crippen LogP contribution is -2.30. The number of nitrogens with one attached hydrogen (secondary N) is 1. The van der Waals surface area contributed by atoms with Crippen molar-refractivity contribution in [1.82, 2.24) is 14.9 Å². The molecule has 0 saturated carbocycles. The Bertz CT molecular complexity index is 804. The highest BCUT2D eigenvalue weighted by molar-refractivity contribution is 7.10. The molecule has 4 nitrogen and oxygen atoms in total. The smallest absolute Gasteiger partial charge is 0.137 e. The summed E-state index contributed by atoms with van der Waals surface area (Å²) in [7, 11) is 0. The summed E-state index contributed by atoms with van der Waals surface area (Å²) in [6.07, 6.45) is 4.26. The van der Waals surface area contributed by atoms with Crippen LogP contribution >= 0.6 is 11.3 Å². The summed E-state index contributed by atoms with van der Waals surface area (Å²) >= 11 is 1.85. The van der Waals surface area contributed by atoms with Gasteiger partial charge >= 0.3 is 0 Å². The molecule has 2 aromatic heterocycles. The van der Waals surface area contributed by atoms with Crippen molar-refractivity contribution in [2.75, 3.05) is 25.0 Å². The first-order valence-electron chi connectivity index (χ1n) is 8.54. The van der Waals surface area contributed by atoms with E-state index >= 15 is 0 Å². The highest BCUT2D eigenvalue weighted by Gasteiger charge is 2.24. The van der Waals surface area contributed by atoms with Gasteiger partial charge in [0.25, 0.3) is 0 Å². The zero-order chi connectivity index (χ0) is 16.4. The SMILES string of the molecule is Cc1cccc2ncnc(NCC(c3cccs3)N3CCCC3)c12. The molecule has 0 radical (unpaired) electrons. The minimum atomic E-state index is 0.418. The third-order valence-corrected chi connectivity index (χ3v) is 5.76. The van der Waals surface area contributed by atoms with Gasteiger partial charge < -0.3 is 5.32 Å².